The van der Waals surface area contributed by atoms with Crippen LogP contribution >= 0.6 is 11.3 Å². The predicted molar refractivity (Wildman–Crippen MR) is 127 cm³/mol. The molecule has 0 aliphatic heterocycles. The van der Waals surface area contributed by atoms with Crippen molar-refractivity contribution in [1.29, 1.82) is 0 Å². The van der Waals surface area contributed by atoms with Crippen molar-refractivity contribution in [3.05, 3.63) is 63.0 Å². The van der Waals surface area contributed by atoms with Crippen LogP contribution in [0.5, 0.6) is 5.75 Å². The van der Waals surface area contributed by atoms with Crippen LogP contribution in [0, 0.1) is 12.7 Å². The number of nitrogens with one attached hydrogen (secondary N) is 1. The first-order valence-electron chi connectivity index (χ1n) is 9.87. The van der Waals surface area contributed by atoms with Crippen molar-refractivity contribution in [2.45, 2.75) is 36.4 Å². The van der Waals surface area contributed by atoms with Gasteiger partial charge < -0.3 is 0 Å². The molecule has 0 amide bonds. The van der Waals surface area contributed by atoms with E-state index in [1.807, 2.05) is 36.6 Å². The Hall–Kier alpha value is -2.10. The van der Waals surface area contributed by atoms with Crippen LogP contribution in [0.2, 0.25) is 16.6 Å². The molecule has 0 aliphatic carbocycles. The predicted octanol–water partition coefficient (Wildman–Crippen LogP) is 6.72. The van der Waals surface area contributed by atoms with Crippen LogP contribution in [0.15, 0.2) is 40.5 Å². The van der Waals surface area contributed by atoms with Gasteiger partial charge in [0.05, 0.1) is 0 Å². The molecule has 0 fully saturated rings. The Balaban J connectivity index is 2.01. The van der Waals surface area contributed by atoms with Gasteiger partial charge in [-0.05, 0) is 0 Å². The molecular formula is C24H25AsFNO2S. The molecule has 156 valence electrons. The summed E-state index contributed by atoms with van der Waals surface area (Å²) in [5.41, 5.74) is 8.53. The minimum atomic E-state index is -0.853. The molecule has 4 rings (SSSR count). The van der Waals surface area contributed by atoms with Crippen LogP contribution in [-0.2, 0) is 0 Å². The van der Waals surface area contributed by atoms with Gasteiger partial charge in [0.15, 0.2) is 0 Å². The van der Waals surface area contributed by atoms with Gasteiger partial charge in [-0.15, -0.1) is 0 Å². The van der Waals surface area contributed by atoms with Gasteiger partial charge in [-0.25, -0.2) is 0 Å². The van der Waals surface area contributed by atoms with Crippen LogP contribution in [0.1, 0.15) is 24.0 Å². The van der Waals surface area contributed by atoms with Crippen molar-refractivity contribution >= 4 is 47.0 Å². The molecule has 2 aromatic carbocycles. The Labute approximate surface area is 184 Å². The molecule has 0 aliphatic rings. The van der Waals surface area contributed by atoms with E-state index < -0.39 is 14.7 Å². The van der Waals surface area contributed by atoms with E-state index in [4.69, 9.17) is 4.74 Å². The zero-order valence-electron chi connectivity index (χ0n) is 17.8. The fourth-order valence-corrected chi connectivity index (χ4v) is 7.75. The number of aryl methyl sites for hydroxylation is 1. The first-order valence-corrected chi connectivity index (χ1v) is 15.8. The third-order valence-corrected chi connectivity index (χ3v) is 9.14. The number of ether oxygens (including phenoxy) is 1. The Bertz CT molecular complexity index is 1310. The SMILES string of the molecule is COc1cc(C)c2[nH]c(=O)c3sccc3c2c1-c1ccc(C(C)C[As](C)C)c(F)c1. The van der Waals surface area contributed by atoms with E-state index in [-0.39, 0.29) is 17.3 Å². The van der Waals surface area contributed by atoms with Gasteiger partial charge in [0.2, 0.25) is 0 Å². The van der Waals surface area contributed by atoms with E-state index in [0.29, 0.717) is 10.4 Å². The van der Waals surface area contributed by atoms with E-state index in [0.717, 1.165) is 43.8 Å². The van der Waals surface area contributed by atoms with Gasteiger partial charge in [-0.2, -0.15) is 0 Å². The van der Waals surface area contributed by atoms with E-state index in [2.05, 4.69) is 23.3 Å². The molecule has 2 aromatic heterocycles. The molecular weight excluding hydrogens is 460 g/mol. The molecule has 0 saturated carbocycles. The summed E-state index contributed by atoms with van der Waals surface area (Å²) in [7, 11) is 1.63. The number of hydrogen-bond acceptors (Lipinski definition) is 3. The van der Waals surface area contributed by atoms with Gasteiger partial charge in [0, 0.05) is 0 Å². The number of aromatic nitrogens is 1. The Kier molecular flexibility index (Phi) is 5.78. The van der Waals surface area contributed by atoms with E-state index in [1.165, 1.54) is 11.3 Å². The molecule has 3 nitrogen and oxygen atoms in total. The number of aromatic amines is 1. The van der Waals surface area contributed by atoms with Gasteiger partial charge in [-0.1, -0.05) is 0 Å². The van der Waals surface area contributed by atoms with Gasteiger partial charge >= 0.3 is 184 Å². The van der Waals surface area contributed by atoms with E-state index >= 15 is 4.39 Å². The summed E-state index contributed by atoms with van der Waals surface area (Å²) in [4.78, 5) is 15.6. The third kappa shape index (κ3) is 3.59. The molecule has 1 unspecified atom stereocenters. The second-order valence-electron chi connectivity index (χ2n) is 8.04. The number of rotatable bonds is 5. The number of fused-ring (bicyclic) bond motifs is 3. The number of benzene rings is 2. The number of hydrogen-bond donors (Lipinski definition) is 1. The molecule has 30 heavy (non-hydrogen) atoms. The summed E-state index contributed by atoms with van der Waals surface area (Å²) in [6, 6.07) is 9.37. The van der Waals surface area contributed by atoms with Crippen molar-refractivity contribution < 1.29 is 9.13 Å². The van der Waals surface area contributed by atoms with Gasteiger partial charge in [-0.3, -0.25) is 0 Å². The van der Waals surface area contributed by atoms with Crippen molar-refractivity contribution in [2.75, 3.05) is 7.11 Å². The number of methoxy groups -OCH3 is 1. The van der Waals surface area contributed by atoms with Crippen LogP contribution in [0.25, 0.3) is 32.1 Å². The quantitative estimate of drug-likeness (QED) is 0.319. The summed E-state index contributed by atoms with van der Waals surface area (Å²) in [5.74, 6) is 0.706. The maximum absolute atomic E-state index is 15.2. The molecule has 0 radical (unpaired) electrons. The average molecular weight is 485 g/mol. The molecule has 4 aromatic rings. The second kappa shape index (κ2) is 8.20. The number of thiophene rings is 1. The standard InChI is InChI=1S/C24H25AsFNO2S/c1-13-10-19(29-5)20(21-17-8-9-30-23(17)24(28)27-22(13)21)15-6-7-16(18(26)11-15)14(2)12-25(3)4/h6-11,14H,12H2,1-5H3,(H,27,28). The molecule has 6 heteroatoms. The summed E-state index contributed by atoms with van der Waals surface area (Å²) in [6.45, 7) is 4.05. The average Bonchev–Trinajstić information content (AvgIpc) is 3.18. The monoisotopic (exact) mass is 485 g/mol. The number of pyridine rings is 1. The number of halogens is 1. The van der Waals surface area contributed by atoms with Crippen LogP contribution < -0.4 is 10.3 Å². The molecule has 0 bridgehead atoms. The molecule has 1 atom stereocenters. The fraction of sp³-hybridized carbons (Fsp3) is 0.292. The Morgan fingerprint density at radius 3 is 2.67 bits per heavy atom. The van der Waals surface area contributed by atoms with Crippen molar-refractivity contribution in [3.8, 4) is 16.9 Å². The zero-order valence-corrected chi connectivity index (χ0v) is 20.5. The second-order valence-corrected chi connectivity index (χ2v) is 14.3. The summed E-state index contributed by atoms with van der Waals surface area (Å²) in [5, 5.41) is 4.77. The fourth-order valence-electron chi connectivity index (χ4n) is 4.24. The molecule has 1 N–H and O–H groups in total. The number of H-pyrrole nitrogens is 1. The van der Waals surface area contributed by atoms with E-state index in [9.17, 15) is 4.79 Å². The van der Waals surface area contributed by atoms with Crippen molar-refractivity contribution in [2.24, 2.45) is 0 Å². The van der Waals surface area contributed by atoms with Gasteiger partial charge in [0.25, 0.3) is 0 Å². The van der Waals surface area contributed by atoms with Gasteiger partial charge in [0.1, 0.15) is 0 Å². The van der Waals surface area contributed by atoms with Crippen LogP contribution in [0.4, 0.5) is 4.39 Å². The zero-order chi connectivity index (χ0) is 21.6. The first kappa shape index (κ1) is 21.1. The van der Waals surface area contributed by atoms with Crippen molar-refractivity contribution in [1.82, 2.24) is 4.98 Å². The van der Waals surface area contributed by atoms with Crippen LogP contribution in [0.3, 0.4) is 0 Å². The summed E-state index contributed by atoms with van der Waals surface area (Å²) in [6.07, 6.45) is 0. The maximum atomic E-state index is 15.2. The van der Waals surface area contributed by atoms with E-state index in [1.54, 1.807) is 13.2 Å². The molecule has 2 heterocycles. The topological polar surface area (TPSA) is 42.1 Å². The minimum absolute atomic E-state index is 0.0971. The summed E-state index contributed by atoms with van der Waals surface area (Å²) >= 11 is 0.560. The normalized spacial score (nSPS) is 12.8. The van der Waals surface area contributed by atoms with Crippen LogP contribution in [-0.4, -0.2) is 26.7 Å². The van der Waals surface area contributed by atoms with Crippen molar-refractivity contribution in [3.63, 3.8) is 0 Å². The summed E-state index contributed by atoms with van der Waals surface area (Å²) < 4.78 is 21.6. The Morgan fingerprint density at radius 1 is 1.23 bits per heavy atom. The molecule has 0 spiro atoms. The Morgan fingerprint density at radius 2 is 2.00 bits per heavy atom. The molecule has 0 saturated heterocycles. The third-order valence-electron chi connectivity index (χ3n) is 5.55. The first-order chi connectivity index (χ1) is 14.3.